The third kappa shape index (κ3) is 3.30. The third-order valence-electron chi connectivity index (χ3n) is 5.44. The first-order chi connectivity index (χ1) is 9.36. The molecular weight excluding hydrogens is 238 g/mol. The summed E-state index contributed by atoms with van der Waals surface area (Å²) in [5.41, 5.74) is 3.02. The molecule has 3 unspecified atom stereocenters. The number of morpholine rings is 1. The van der Waals surface area contributed by atoms with E-state index in [-0.39, 0.29) is 0 Å². The van der Waals surface area contributed by atoms with Crippen LogP contribution in [0.1, 0.15) is 51.4 Å². The average Bonchev–Trinajstić information content (AvgIpc) is 3.09. The first kappa shape index (κ1) is 13.8. The molecule has 1 saturated carbocycles. The van der Waals surface area contributed by atoms with Gasteiger partial charge in [0.1, 0.15) is 0 Å². The Balaban J connectivity index is 1.47. The van der Waals surface area contributed by atoms with Crippen molar-refractivity contribution in [2.75, 3.05) is 19.7 Å². The second kappa shape index (κ2) is 6.53. The van der Waals surface area contributed by atoms with Gasteiger partial charge in [-0.2, -0.15) is 0 Å². The molecule has 2 aliphatic heterocycles. The fourth-order valence-electron chi connectivity index (χ4n) is 4.18. The van der Waals surface area contributed by atoms with Crippen LogP contribution in [0.3, 0.4) is 0 Å². The highest BCUT2D eigenvalue weighted by Crippen LogP contribution is 2.30. The van der Waals surface area contributed by atoms with E-state index >= 15 is 0 Å². The van der Waals surface area contributed by atoms with Gasteiger partial charge in [0.15, 0.2) is 0 Å². The Morgan fingerprint density at radius 2 is 2.05 bits per heavy atom. The highest BCUT2D eigenvalue weighted by molar-refractivity contribution is 4.89. The minimum atomic E-state index is 0.292. The molecule has 0 aromatic heterocycles. The summed E-state index contributed by atoms with van der Waals surface area (Å²) in [7, 11) is 0. The van der Waals surface area contributed by atoms with Gasteiger partial charge in [0.05, 0.1) is 12.7 Å². The predicted molar refractivity (Wildman–Crippen MR) is 76.6 cm³/mol. The Morgan fingerprint density at radius 1 is 1.21 bits per heavy atom. The molecule has 0 aromatic rings. The molecular formula is C15H29N3O. The SMILES string of the molecule is NNC(CCC1CCCC1)C1CN2CCCC2CO1. The van der Waals surface area contributed by atoms with Crippen LogP contribution in [0.2, 0.25) is 0 Å². The largest absolute Gasteiger partial charge is 0.374 e. The molecule has 4 heteroatoms. The van der Waals surface area contributed by atoms with E-state index in [1.807, 2.05) is 0 Å². The molecule has 2 saturated heterocycles. The van der Waals surface area contributed by atoms with Crippen molar-refractivity contribution in [1.82, 2.24) is 10.3 Å². The van der Waals surface area contributed by atoms with Gasteiger partial charge < -0.3 is 4.74 Å². The number of ether oxygens (including phenoxy) is 1. The van der Waals surface area contributed by atoms with E-state index in [1.54, 1.807) is 0 Å². The van der Waals surface area contributed by atoms with Crippen molar-refractivity contribution >= 4 is 0 Å². The van der Waals surface area contributed by atoms with Gasteiger partial charge in [-0.15, -0.1) is 0 Å². The minimum absolute atomic E-state index is 0.292. The van der Waals surface area contributed by atoms with Crippen LogP contribution < -0.4 is 11.3 Å². The second-order valence-electron chi connectivity index (χ2n) is 6.66. The van der Waals surface area contributed by atoms with Crippen molar-refractivity contribution in [2.45, 2.75) is 69.6 Å². The summed E-state index contributed by atoms with van der Waals surface area (Å²) in [6, 6.07) is 1.02. The molecule has 19 heavy (non-hydrogen) atoms. The lowest BCUT2D eigenvalue weighted by Crippen LogP contribution is -2.55. The summed E-state index contributed by atoms with van der Waals surface area (Å²) in [6.07, 6.45) is 11.2. The van der Waals surface area contributed by atoms with Gasteiger partial charge in [-0.1, -0.05) is 25.7 Å². The van der Waals surface area contributed by atoms with Crippen LogP contribution in [0.15, 0.2) is 0 Å². The van der Waals surface area contributed by atoms with E-state index in [9.17, 15) is 0 Å². The molecule has 0 amide bonds. The summed E-state index contributed by atoms with van der Waals surface area (Å²) in [5.74, 6) is 6.72. The zero-order chi connectivity index (χ0) is 13.1. The van der Waals surface area contributed by atoms with E-state index < -0.39 is 0 Å². The van der Waals surface area contributed by atoms with Gasteiger partial charge in [0.25, 0.3) is 0 Å². The van der Waals surface area contributed by atoms with E-state index in [0.717, 1.165) is 19.1 Å². The fourth-order valence-corrected chi connectivity index (χ4v) is 4.18. The molecule has 0 bridgehead atoms. The number of hydrazine groups is 1. The van der Waals surface area contributed by atoms with Crippen molar-refractivity contribution < 1.29 is 4.74 Å². The molecule has 2 heterocycles. The molecule has 110 valence electrons. The Labute approximate surface area is 117 Å². The van der Waals surface area contributed by atoms with E-state index in [4.69, 9.17) is 10.6 Å². The first-order valence-corrected chi connectivity index (χ1v) is 8.18. The van der Waals surface area contributed by atoms with Gasteiger partial charge in [0, 0.05) is 18.6 Å². The number of nitrogens with one attached hydrogen (secondary N) is 1. The summed E-state index contributed by atoms with van der Waals surface area (Å²) in [4.78, 5) is 2.61. The molecule has 3 atom stereocenters. The molecule has 1 aliphatic carbocycles. The van der Waals surface area contributed by atoms with Crippen LogP contribution in [0.5, 0.6) is 0 Å². The maximum Gasteiger partial charge on any atom is 0.0868 e. The summed E-state index contributed by atoms with van der Waals surface area (Å²) < 4.78 is 6.08. The van der Waals surface area contributed by atoms with Crippen LogP contribution in [0.25, 0.3) is 0 Å². The van der Waals surface area contributed by atoms with Gasteiger partial charge in [-0.3, -0.25) is 16.2 Å². The number of nitrogens with two attached hydrogens (primary N) is 1. The molecule has 3 aliphatic rings. The van der Waals surface area contributed by atoms with Crippen molar-refractivity contribution in [3.8, 4) is 0 Å². The Morgan fingerprint density at radius 3 is 2.84 bits per heavy atom. The monoisotopic (exact) mass is 267 g/mol. The highest BCUT2D eigenvalue weighted by Gasteiger charge is 2.35. The van der Waals surface area contributed by atoms with Crippen LogP contribution in [-0.4, -0.2) is 42.8 Å². The number of rotatable bonds is 5. The Kier molecular flexibility index (Phi) is 4.74. The predicted octanol–water partition coefficient (Wildman–Crippen LogP) is 1.65. The van der Waals surface area contributed by atoms with Crippen LogP contribution in [0.4, 0.5) is 0 Å². The standard InChI is InChI=1S/C15H29N3O/c16-17-14(8-7-12-4-1-2-5-12)15-10-18-9-3-6-13(18)11-19-15/h12-15,17H,1-11,16H2. The number of nitrogens with zero attached hydrogens (tertiary/aromatic N) is 1. The number of hydrogen-bond donors (Lipinski definition) is 2. The fraction of sp³-hybridized carbons (Fsp3) is 1.00. The van der Waals surface area contributed by atoms with Crippen molar-refractivity contribution in [2.24, 2.45) is 11.8 Å². The lowest BCUT2D eigenvalue weighted by Gasteiger charge is -2.38. The normalized spacial score (nSPS) is 34.6. The summed E-state index contributed by atoms with van der Waals surface area (Å²) >= 11 is 0. The number of hydrogen-bond acceptors (Lipinski definition) is 4. The Hall–Kier alpha value is -0.160. The van der Waals surface area contributed by atoms with E-state index in [1.165, 1.54) is 57.9 Å². The summed E-state index contributed by atoms with van der Waals surface area (Å²) in [5, 5.41) is 0. The Bertz CT molecular complexity index is 281. The van der Waals surface area contributed by atoms with Crippen LogP contribution in [0, 0.1) is 5.92 Å². The molecule has 3 rings (SSSR count). The lowest BCUT2D eigenvalue weighted by molar-refractivity contribution is -0.0663. The van der Waals surface area contributed by atoms with E-state index in [0.29, 0.717) is 18.2 Å². The van der Waals surface area contributed by atoms with Crippen molar-refractivity contribution in [3.63, 3.8) is 0 Å². The van der Waals surface area contributed by atoms with Gasteiger partial charge in [-0.25, -0.2) is 0 Å². The quantitative estimate of drug-likeness (QED) is 0.587. The van der Waals surface area contributed by atoms with Crippen LogP contribution >= 0.6 is 0 Å². The average molecular weight is 267 g/mol. The summed E-state index contributed by atoms with van der Waals surface area (Å²) in [6.45, 7) is 3.24. The first-order valence-electron chi connectivity index (χ1n) is 8.18. The van der Waals surface area contributed by atoms with Crippen molar-refractivity contribution in [1.29, 1.82) is 0 Å². The number of fused-ring (bicyclic) bond motifs is 1. The topological polar surface area (TPSA) is 50.5 Å². The van der Waals surface area contributed by atoms with Gasteiger partial charge >= 0.3 is 0 Å². The zero-order valence-corrected chi connectivity index (χ0v) is 12.0. The van der Waals surface area contributed by atoms with Crippen LogP contribution in [-0.2, 0) is 4.74 Å². The second-order valence-corrected chi connectivity index (χ2v) is 6.66. The molecule has 4 nitrogen and oxygen atoms in total. The van der Waals surface area contributed by atoms with E-state index in [2.05, 4.69) is 10.3 Å². The molecule has 0 radical (unpaired) electrons. The molecule has 0 spiro atoms. The maximum absolute atomic E-state index is 6.08. The lowest BCUT2D eigenvalue weighted by atomic mass is 9.95. The highest BCUT2D eigenvalue weighted by atomic mass is 16.5. The maximum atomic E-state index is 6.08. The molecule has 0 aromatic carbocycles. The van der Waals surface area contributed by atoms with Gasteiger partial charge in [0.2, 0.25) is 0 Å². The third-order valence-corrected chi connectivity index (χ3v) is 5.44. The molecule has 3 N–H and O–H groups in total. The minimum Gasteiger partial charge on any atom is -0.374 e. The molecule has 3 fully saturated rings. The van der Waals surface area contributed by atoms with Gasteiger partial charge in [-0.05, 0) is 38.1 Å². The van der Waals surface area contributed by atoms with Crippen molar-refractivity contribution in [3.05, 3.63) is 0 Å². The smallest absolute Gasteiger partial charge is 0.0868 e. The zero-order valence-electron chi connectivity index (χ0n) is 12.0.